The molecule has 0 atom stereocenters. The Morgan fingerprint density at radius 3 is 2.36 bits per heavy atom. The van der Waals surface area contributed by atoms with Gasteiger partial charge in [-0.25, -0.2) is 0 Å². The molecule has 1 amide bonds. The Balaban J connectivity index is 1.76. The molecular weight excluding hydrogens is 436 g/mol. The second kappa shape index (κ2) is 11.1. The van der Waals surface area contributed by atoms with E-state index in [4.69, 9.17) is 0 Å². The van der Waals surface area contributed by atoms with E-state index in [1.165, 1.54) is 24.4 Å². The fraction of sp³-hybridized carbons (Fsp3) is 0.360. The minimum atomic E-state index is -0.280. The zero-order valence-electron chi connectivity index (χ0n) is 19.5. The second-order valence-corrected chi connectivity index (χ2v) is 9.57. The molecule has 33 heavy (non-hydrogen) atoms. The number of carbonyl (C=O) groups excluding carboxylic acids is 2. The first-order valence-electron chi connectivity index (χ1n) is 10.9. The van der Waals surface area contributed by atoms with Crippen LogP contribution >= 0.6 is 11.8 Å². The van der Waals surface area contributed by atoms with Crippen molar-refractivity contribution in [1.29, 1.82) is 0 Å². The largest absolute Gasteiger partial charge is 0.469 e. The predicted octanol–water partition coefficient (Wildman–Crippen LogP) is 4.39. The highest BCUT2D eigenvalue weighted by Gasteiger charge is 2.19. The Morgan fingerprint density at radius 1 is 1.03 bits per heavy atom. The molecule has 0 fully saturated rings. The van der Waals surface area contributed by atoms with Gasteiger partial charge in [-0.1, -0.05) is 75.0 Å². The molecule has 3 aromatic rings. The quantitative estimate of drug-likeness (QED) is 0.286. The molecular formula is C25H30N4O3S. The van der Waals surface area contributed by atoms with Crippen LogP contribution < -0.4 is 5.32 Å². The summed E-state index contributed by atoms with van der Waals surface area (Å²) in [6.45, 7) is 6.97. The molecule has 8 heteroatoms. The zero-order valence-corrected chi connectivity index (χ0v) is 20.3. The average Bonchev–Trinajstić information content (AvgIpc) is 3.24. The van der Waals surface area contributed by atoms with Gasteiger partial charge in [-0.3, -0.25) is 14.2 Å². The summed E-state index contributed by atoms with van der Waals surface area (Å²) in [6, 6.07) is 18.2. The normalized spacial score (nSPS) is 11.3. The van der Waals surface area contributed by atoms with E-state index >= 15 is 0 Å². The molecule has 174 valence electrons. The molecule has 1 aromatic heterocycles. The van der Waals surface area contributed by atoms with E-state index in [1.807, 2.05) is 34.9 Å². The molecule has 1 N–H and O–H groups in total. The van der Waals surface area contributed by atoms with E-state index in [2.05, 4.69) is 65.3 Å². The van der Waals surface area contributed by atoms with Crippen LogP contribution in [0.4, 0.5) is 0 Å². The van der Waals surface area contributed by atoms with Gasteiger partial charge < -0.3 is 10.1 Å². The fourth-order valence-electron chi connectivity index (χ4n) is 3.22. The number of carbonyl (C=O) groups is 2. The molecule has 0 spiro atoms. The van der Waals surface area contributed by atoms with Crippen LogP contribution in [0.2, 0.25) is 0 Å². The van der Waals surface area contributed by atoms with Crippen molar-refractivity contribution >= 4 is 23.6 Å². The maximum absolute atomic E-state index is 12.3. The van der Waals surface area contributed by atoms with E-state index in [-0.39, 0.29) is 29.5 Å². The topological polar surface area (TPSA) is 86.1 Å². The predicted molar refractivity (Wildman–Crippen MR) is 130 cm³/mol. The van der Waals surface area contributed by atoms with Gasteiger partial charge in [-0.05, 0) is 29.5 Å². The van der Waals surface area contributed by atoms with Gasteiger partial charge in [0.05, 0.1) is 12.9 Å². The maximum Gasteiger partial charge on any atom is 0.305 e. The summed E-state index contributed by atoms with van der Waals surface area (Å²) in [4.78, 5) is 23.5. The Kier molecular flexibility index (Phi) is 8.27. The van der Waals surface area contributed by atoms with Gasteiger partial charge in [0.25, 0.3) is 0 Å². The first kappa shape index (κ1) is 24.5. The number of hydrogen-bond acceptors (Lipinski definition) is 6. The molecule has 0 saturated carbocycles. The van der Waals surface area contributed by atoms with E-state index in [0.29, 0.717) is 18.1 Å². The molecule has 0 radical (unpaired) electrons. The standard InChI is InChI=1S/C25H30N4O3S/c1-25(2,3)19-14-12-18(13-15-19)23-27-28-24(29(23)20-9-6-5-7-10-20)33-17-21(30)26-16-8-11-22(31)32-4/h5-7,9-10,12-15H,8,11,16-17H2,1-4H3,(H,26,30). The van der Waals surface area contributed by atoms with Crippen LogP contribution in [0, 0.1) is 0 Å². The van der Waals surface area contributed by atoms with Crippen LogP contribution in [-0.4, -0.2) is 46.0 Å². The van der Waals surface area contributed by atoms with Crippen LogP contribution in [0.1, 0.15) is 39.2 Å². The zero-order chi connectivity index (χ0) is 23.8. The van der Waals surface area contributed by atoms with Crippen molar-refractivity contribution in [2.75, 3.05) is 19.4 Å². The lowest BCUT2D eigenvalue weighted by Gasteiger charge is -2.19. The van der Waals surface area contributed by atoms with Crippen LogP contribution in [0.25, 0.3) is 17.1 Å². The van der Waals surface area contributed by atoms with Gasteiger partial charge in [-0.15, -0.1) is 10.2 Å². The molecule has 0 saturated heterocycles. The van der Waals surface area contributed by atoms with E-state index < -0.39 is 0 Å². The van der Waals surface area contributed by atoms with E-state index in [0.717, 1.165) is 17.1 Å². The summed E-state index contributed by atoms with van der Waals surface area (Å²) in [5.41, 5.74) is 3.20. The van der Waals surface area contributed by atoms with Gasteiger partial charge in [0.2, 0.25) is 5.91 Å². The van der Waals surface area contributed by atoms with Crippen LogP contribution in [0.5, 0.6) is 0 Å². The molecule has 7 nitrogen and oxygen atoms in total. The number of thioether (sulfide) groups is 1. The molecule has 0 aliphatic heterocycles. The molecule has 0 aliphatic rings. The third kappa shape index (κ3) is 6.68. The fourth-order valence-corrected chi connectivity index (χ4v) is 4.01. The highest BCUT2D eigenvalue weighted by Crippen LogP contribution is 2.30. The van der Waals surface area contributed by atoms with Gasteiger partial charge >= 0.3 is 5.97 Å². The Morgan fingerprint density at radius 2 is 1.73 bits per heavy atom. The number of amides is 1. The average molecular weight is 467 g/mol. The molecule has 0 aliphatic carbocycles. The highest BCUT2D eigenvalue weighted by molar-refractivity contribution is 7.99. The Labute approximate surface area is 198 Å². The van der Waals surface area contributed by atoms with Gasteiger partial charge in [-0.2, -0.15) is 0 Å². The number of nitrogens with one attached hydrogen (secondary N) is 1. The van der Waals surface area contributed by atoms with Gasteiger partial charge in [0.1, 0.15) is 0 Å². The lowest BCUT2D eigenvalue weighted by Crippen LogP contribution is -2.26. The summed E-state index contributed by atoms with van der Waals surface area (Å²) < 4.78 is 6.58. The summed E-state index contributed by atoms with van der Waals surface area (Å²) in [5, 5.41) is 12.3. The lowest BCUT2D eigenvalue weighted by atomic mass is 9.87. The van der Waals surface area contributed by atoms with E-state index in [1.54, 1.807) is 0 Å². The Bertz CT molecular complexity index is 1070. The lowest BCUT2D eigenvalue weighted by molar-refractivity contribution is -0.140. The summed E-state index contributed by atoms with van der Waals surface area (Å²) in [7, 11) is 1.35. The number of ether oxygens (including phenoxy) is 1. The molecule has 3 rings (SSSR count). The summed E-state index contributed by atoms with van der Waals surface area (Å²) >= 11 is 1.33. The van der Waals surface area contributed by atoms with Crippen molar-refractivity contribution in [3.05, 3.63) is 60.2 Å². The molecule has 2 aromatic carbocycles. The molecule has 0 unspecified atom stereocenters. The summed E-state index contributed by atoms with van der Waals surface area (Å²) in [6.07, 6.45) is 0.821. The number of esters is 1. The third-order valence-electron chi connectivity index (χ3n) is 5.10. The number of hydrogen-bond donors (Lipinski definition) is 1. The number of para-hydroxylation sites is 1. The number of benzene rings is 2. The highest BCUT2D eigenvalue weighted by atomic mass is 32.2. The monoisotopic (exact) mass is 466 g/mol. The number of rotatable bonds is 9. The minimum absolute atomic E-state index is 0.0663. The third-order valence-corrected chi connectivity index (χ3v) is 6.03. The van der Waals surface area contributed by atoms with Gasteiger partial charge in [0.15, 0.2) is 11.0 Å². The molecule has 0 bridgehead atoms. The number of methoxy groups -OCH3 is 1. The van der Waals surface area contributed by atoms with Crippen molar-refractivity contribution in [2.24, 2.45) is 0 Å². The van der Waals surface area contributed by atoms with Crippen LogP contribution in [0.3, 0.4) is 0 Å². The smallest absolute Gasteiger partial charge is 0.305 e. The van der Waals surface area contributed by atoms with Gasteiger partial charge in [0, 0.05) is 24.2 Å². The van der Waals surface area contributed by atoms with Crippen molar-refractivity contribution in [3.63, 3.8) is 0 Å². The SMILES string of the molecule is COC(=O)CCCNC(=O)CSc1nnc(-c2ccc(C(C)(C)C)cc2)n1-c1ccccc1. The van der Waals surface area contributed by atoms with Crippen LogP contribution in [-0.2, 0) is 19.7 Å². The van der Waals surface area contributed by atoms with E-state index in [9.17, 15) is 9.59 Å². The maximum atomic E-state index is 12.3. The minimum Gasteiger partial charge on any atom is -0.469 e. The first-order valence-corrected chi connectivity index (χ1v) is 11.9. The number of nitrogens with zero attached hydrogens (tertiary/aromatic N) is 3. The van der Waals surface area contributed by atoms with Crippen molar-refractivity contribution in [1.82, 2.24) is 20.1 Å². The Hall–Kier alpha value is -3.13. The summed E-state index contributed by atoms with van der Waals surface area (Å²) in [5.74, 6) is 0.524. The van der Waals surface area contributed by atoms with Crippen molar-refractivity contribution in [2.45, 2.75) is 44.2 Å². The van der Waals surface area contributed by atoms with Crippen molar-refractivity contribution < 1.29 is 14.3 Å². The van der Waals surface area contributed by atoms with Crippen molar-refractivity contribution in [3.8, 4) is 17.1 Å². The first-order chi connectivity index (χ1) is 15.8. The second-order valence-electron chi connectivity index (χ2n) is 8.62. The van der Waals surface area contributed by atoms with Crippen LogP contribution in [0.15, 0.2) is 59.8 Å². The number of aromatic nitrogens is 3. The molecule has 1 heterocycles.